The van der Waals surface area contributed by atoms with Crippen LogP contribution in [0.4, 0.5) is 0 Å². The van der Waals surface area contributed by atoms with E-state index in [0.29, 0.717) is 6.42 Å². The average molecular weight is 348 g/mol. The molecule has 132 valence electrons. The molecule has 0 spiro atoms. The van der Waals surface area contributed by atoms with Crippen molar-refractivity contribution in [3.8, 4) is 0 Å². The van der Waals surface area contributed by atoms with Gasteiger partial charge in [0.2, 0.25) is 0 Å². The number of allylic oxidation sites excluding steroid dienone is 1. The number of nitrogens with zero attached hydrogens (tertiary/aromatic N) is 1. The third-order valence-corrected chi connectivity index (χ3v) is 5.56. The number of unbranched alkanes of at least 4 members (excludes halogenated alkanes) is 1. The van der Waals surface area contributed by atoms with Gasteiger partial charge in [0.1, 0.15) is 0 Å². The standard InChI is InChI=1S/C18H23NO2S.C2H6/c1-15-8-10-18(11-9-15)22(3,21)19-13-12-17(14-19)7-5-4-6-16(2)20;1-2/h8-14,20H,2-7H2,1H3;1-2H3. The van der Waals surface area contributed by atoms with Gasteiger partial charge in [-0.15, -0.1) is 0 Å². The van der Waals surface area contributed by atoms with Crippen molar-refractivity contribution in [1.29, 1.82) is 0 Å². The predicted octanol–water partition coefficient (Wildman–Crippen LogP) is 5.15. The highest BCUT2D eigenvalue weighted by Crippen LogP contribution is 2.17. The van der Waals surface area contributed by atoms with Crippen molar-refractivity contribution >= 4 is 15.6 Å². The Morgan fingerprint density at radius 2 is 1.79 bits per heavy atom. The number of aryl methyl sites for hydroxylation is 2. The fourth-order valence-corrected chi connectivity index (χ4v) is 3.65. The molecule has 2 aromatic rings. The Bertz CT molecular complexity index is 740. The van der Waals surface area contributed by atoms with Crippen LogP contribution in [0.3, 0.4) is 0 Å². The average Bonchev–Trinajstić information content (AvgIpc) is 3.03. The zero-order valence-electron chi connectivity index (χ0n) is 15.0. The van der Waals surface area contributed by atoms with Gasteiger partial charge in [-0.05, 0) is 55.8 Å². The van der Waals surface area contributed by atoms with Gasteiger partial charge in [-0.2, -0.15) is 0 Å². The van der Waals surface area contributed by atoms with E-state index in [1.807, 2.05) is 63.5 Å². The Hall–Kier alpha value is -1.94. The van der Waals surface area contributed by atoms with Crippen LogP contribution in [0.5, 0.6) is 0 Å². The van der Waals surface area contributed by atoms with Crippen molar-refractivity contribution in [3.05, 3.63) is 66.2 Å². The molecule has 1 N–H and O–H groups in total. The second-order valence-corrected chi connectivity index (χ2v) is 7.78. The number of hydrogen-bond donors (Lipinski definition) is 1. The molecule has 0 aliphatic rings. The Morgan fingerprint density at radius 3 is 2.38 bits per heavy atom. The fraction of sp³-hybridized carbons (Fsp3) is 0.350. The first-order chi connectivity index (χ1) is 11.4. The van der Waals surface area contributed by atoms with Crippen LogP contribution in [0.25, 0.3) is 0 Å². The summed E-state index contributed by atoms with van der Waals surface area (Å²) in [6.45, 7) is 9.48. The second-order valence-electron chi connectivity index (χ2n) is 5.61. The minimum absolute atomic E-state index is 0.234. The third-order valence-electron chi connectivity index (χ3n) is 3.64. The summed E-state index contributed by atoms with van der Waals surface area (Å²) in [5.74, 6) is 4.15. The van der Waals surface area contributed by atoms with Crippen LogP contribution < -0.4 is 0 Å². The number of benzene rings is 1. The van der Waals surface area contributed by atoms with Gasteiger partial charge in [0.25, 0.3) is 0 Å². The highest BCUT2D eigenvalue weighted by atomic mass is 32.2. The van der Waals surface area contributed by atoms with Gasteiger partial charge in [-0.3, -0.25) is 3.97 Å². The summed E-state index contributed by atoms with van der Waals surface area (Å²) in [4.78, 5) is 0.733. The summed E-state index contributed by atoms with van der Waals surface area (Å²) in [5.41, 5.74) is 2.27. The smallest absolute Gasteiger partial charge is 0.0851 e. The number of aromatic nitrogens is 1. The SMILES string of the molecule is C=C(O)CCCCc1ccn(S(=C)(=O)c2ccc(C)cc2)c1.CC. The molecule has 0 saturated heterocycles. The molecule has 24 heavy (non-hydrogen) atoms. The number of rotatable bonds is 7. The van der Waals surface area contributed by atoms with Gasteiger partial charge >= 0.3 is 0 Å². The van der Waals surface area contributed by atoms with Crippen molar-refractivity contribution in [3.63, 3.8) is 0 Å². The molecule has 0 aliphatic carbocycles. The van der Waals surface area contributed by atoms with Gasteiger partial charge < -0.3 is 5.11 Å². The van der Waals surface area contributed by atoms with Crippen LogP contribution in [0.15, 0.2) is 60.0 Å². The lowest BCUT2D eigenvalue weighted by Gasteiger charge is -2.11. The molecule has 1 atom stereocenters. The molecule has 0 saturated carbocycles. The van der Waals surface area contributed by atoms with Crippen molar-refractivity contribution in [2.75, 3.05) is 0 Å². The molecule has 0 amide bonds. The Morgan fingerprint density at radius 1 is 1.17 bits per heavy atom. The van der Waals surface area contributed by atoms with Crippen molar-refractivity contribution in [2.24, 2.45) is 0 Å². The van der Waals surface area contributed by atoms with Gasteiger partial charge in [-0.25, -0.2) is 4.21 Å². The van der Waals surface area contributed by atoms with E-state index in [9.17, 15) is 4.21 Å². The van der Waals surface area contributed by atoms with Crippen molar-refractivity contribution in [2.45, 2.75) is 51.3 Å². The zero-order valence-corrected chi connectivity index (χ0v) is 15.8. The van der Waals surface area contributed by atoms with E-state index in [2.05, 4.69) is 12.4 Å². The molecule has 0 aliphatic heterocycles. The first-order valence-electron chi connectivity index (χ1n) is 8.37. The number of hydrogen-bond acceptors (Lipinski definition) is 2. The minimum atomic E-state index is -2.52. The van der Waals surface area contributed by atoms with Crippen molar-refractivity contribution in [1.82, 2.24) is 3.97 Å². The van der Waals surface area contributed by atoms with E-state index in [1.165, 1.54) is 0 Å². The summed E-state index contributed by atoms with van der Waals surface area (Å²) < 4.78 is 14.6. The first kappa shape index (κ1) is 20.1. The lowest BCUT2D eigenvalue weighted by molar-refractivity contribution is 0.385. The van der Waals surface area contributed by atoms with Crippen LogP contribution in [0.2, 0.25) is 0 Å². The molecule has 0 bridgehead atoms. The van der Waals surface area contributed by atoms with Gasteiger partial charge in [0, 0.05) is 23.7 Å². The van der Waals surface area contributed by atoms with Crippen LogP contribution in [-0.2, 0) is 16.1 Å². The molecule has 3 nitrogen and oxygen atoms in total. The van der Waals surface area contributed by atoms with Crippen molar-refractivity contribution < 1.29 is 9.32 Å². The van der Waals surface area contributed by atoms with E-state index in [0.717, 1.165) is 35.3 Å². The summed E-state index contributed by atoms with van der Waals surface area (Å²) >= 11 is 0. The molecule has 2 rings (SSSR count). The van der Waals surface area contributed by atoms with Gasteiger partial charge in [0.15, 0.2) is 0 Å². The van der Waals surface area contributed by atoms with E-state index >= 15 is 0 Å². The predicted molar refractivity (Wildman–Crippen MR) is 105 cm³/mol. The molecule has 1 aromatic heterocycles. The zero-order chi connectivity index (χ0) is 18.2. The summed E-state index contributed by atoms with van der Waals surface area (Å²) in [6.07, 6.45) is 7.13. The van der Waals surface area contributed by atoms with Crippen LogP contribution in [-0.4, -0.2) is 19.2 Å². The molecule has 1 unspecified atom stereocenters. The van der Waals surface area contributed by atoms with Gasteiger partial charge in [0.05, 0.1) is 15.5 Å². The van der Waals surface area contributed by atoms with E-state index in [-0.39, 0.29) is 5.76 Å². The van der Waals surface area contributed by atoms with E-state index in [4.69, 9.17) is 5.11 Å². The number of aliphatic hydroxyl groups excluding tert-OH is 1. The minimum Gasteiger partial charge on any atom is -0.513 e. The normalized spacial score (nSPS) is 12.8. The van der Waals surface area contributed by atoms with Crippen LogP contribution in [0, 0.1) is 6.92 Å². The Labute approximate surface area is 146 Å². The van der Waals surface area contributed by atoms with E-state index in [1.54, 1.807) is 3.97 Å². The molecule has 1 heterocycles. The van der Waals surface area contributed by atoms with Gasteiger partial charge in [-0.1, -0.05) is 38.1 Å². The number of aliphatic hydroxyl groups is 1. The fourth-order valence-electron chi connectivity index (χ4n) is 2.28. The first-order valence-corrected chi connectivity index (χ1v) is 10.1. The molecule has 4 heteroatoms. The maximum absolute atomic E-state index is 12.9. The highest BCUT2D eigenvalue weighted by Gasteiger charge is 2.10. The monoisotopic (exact) mass is 347 g/mol. The Kier molecular flexibility index (Phi) is 7.86. The largest absolute Gasteiger partial charge is 0.513 e. The molecular formula is C20H29NO2S. The molecular weight excluding hydrogens is 318 g/mol. The maximum Gasteiger partial charge on any atom is 0.0851 e. The topological polar surface area (TPSA) is 42.2 Å². The maximum atomic E-state index is 12.9. The summed E-state index contributed by atoms with van der Waals surface area (Å²) in [7, 11) is -2.52. The van der Waals surface area contributed by atoms with Crippen LogP contribution in [0.1, 0.15) is 44.2 Å². The molecule has 0 fully saturated rings. The Balaban J connectivity index is 0.00000139. The third kappa shape index (κ3) is 5.60. The van der Waals surface area contributed by atoms with Crippen LogP contribution >= 0.6 is 0 Å². The quantitative estimate of drug-likeness (QED) is 0.428. The highest BCUT2D eigenvalue weighted by molar-refractivity contribution is 7.99. The summed E-state index contributed by atoms with van der Waals surface area (Å²) in [6, 6.07) is 9.62. The van der Waals surface area contributed by atoms with E-state index < -0.39 is 9.71 Å². The molecule has 0 radical (unpaired) electrons. The lowest BCUT2D eigenvalue weighted by atomic mass is 10.1. The lowest BCUT2D eigenvalue weighted by Crippen LogP contribution is -2.10. The second kappa shape index (κ2) is 9.38. The molecule has 1 aromatic carbocycles. The summed E-state index contributed by atoms with van der Waals surface area (Å²) in [5, 5.41) is 9.06.